The molecule has 0 N–H and O–H groups in total. The van der Waals surface area contributed by atoms with Crippen molar-refractivity contribution in [3.05, 3.63) is 53.6 Å². The van der Waals surface area contributed by atoms with Crippen molar-refractivity contribution >= 4 is 35.8 Å². The molecule has 2 aliphatic heterocycles. The third-order valence-electron chi connectivity index (χ3n) is 6.04. The number of piperazine rings is 1. The van der Waals surface area contributed by atoms with Crippen LogP contribution in [0.3, 0.4) is 0 Å². The molecule has 0 aromatic heterocycles. The minimum Gasteiger partial charge on any atom is -0.486 e. The number of carbonyl (C=O) groups is 3. The minimum absolute atomic E-state index is 0.0109. The van der Waals surface area contributed by atoms with Gasteiger partial charge >= 0.3 is 18.2 Å². The first kappa shape index (κ1) is 28.1. The monoisotopic (exact) mass is 566 g/mol. The number of nitrogens with zero attached hydrogens (tertiary/aromatic N) is 2. The lowest BCUT2D eigenvalue weighted by Gasteiger charge is -2.38. The van der Waals surface area contributed by atoms with E-state index in [2.05, 4.69) is 4.74 Å². The summed E-state index contributed by atoms with van der Waals surface area (Å²) >= 11 is 0.931. The predicted octanol–water partition coefficient (Wildman–Crippen LogP) is 4.09. The Morgan fingerprint density at radius 3 is 2.44 bits per heavy atom. The van der Waals surface area contributed by atoms with Gasteiger partial charge in [0.05, 0.1) is 26.3 Å². The summed E-state index contributed by atoms with van der Waals surface area (Å²) in [5.74, 6) is -0.341. The summed E-state index contributed by atoms with van der Waals surface area (Å²) in [7, 11) is 2.35. The van der Waals surface area contributed by atoms with Crippen molar-refractivity contribution < 1.29 is 46.5 Å². The lowest BCUT2D eigenvalue weighted by atomic mass is 10.1. The van der Waals surface area contributed by atoms with Gasteiger partial charge in [0.2, 0.25) is 5.91 Å². The number of halogens is 3. The molecule has 0 radical (unpaired) electrons. The van der Waals surface area contributed by atoms with Crippen LogP contribution in [0.1, 0.15) is 11.1 Å². The van der Waals surface area contributed by atoms with E-state index in [0.29, 0.717) is 29.6 Å². The summed E-state index contributed by atoms with van der Waals surface area (Å²) < 4.78 is 62.3. The van der Waals surface area contributed by atoms with Crippen LogP contribution >= 0.6 is 11.8 Å². The number of rotatable bonds is 5. The van der Waals surface area contributed by atoms with Crippen molar-refractivity contribution in [1.82, 2.24) is 9.80 Å². The van der Waals surface area contributed by atoms with Crippen LogP contribution in [0.2, 0.25) is 0 Å². The molecule has 39 heavy (non-hydrogen) atoms. The molecule has 0 spiro atoms. The van der Waals surface area contributed by atoms with E-state index in [4.69, 9.17) is 14.2 Å². The van der Waals surface area contributed by atoms with E-state index in [9.17, 15) is 27.6 Å². The number of alkyl halides is 3. The molecule has 2 aliphatic rings. The standard InChI is InChI=1S/C26H25F3N2O7S/c1-35-24(33)19-15-30(25(34)36-2)9-10-31(19)23(32)8-4-16-3-7-22(18(13-16)26(27,28)29)39-17-5-6-20-21(14-17)38-12-11-37-20/h3-8,13-14,19H,9-12,15H2,1-2H3/b8-4+. The Morgan fingerprint density at radius 2 is 1.74 bits per heavy atom. The number of methoxy groups -OCH3 is 2. The van der Waals surface area contributed by atoms with Gasteiger partial charge in [-0.2, -0.15) is 13.2 Å². The molecular weight excluding hydrogens is 541 g/mol. The first-order valence-corrected chi connectivity index (χ1v) is 12.6. The first-order chi connectivity index (χ1) is 18.6. The molecule has 13 heteroatoms. The van der Waals surface area contributed by atoms with Gasteiger partial charge in [-0.3, -0.25) is 4.79 Å². The summed E-state index contributed by atoms with van der Waals surface area (Å²) in [6, 6.07) is 7.60. The number of carbonyl (C=O) groups excluding carboxylic acids is 3. The van der Waals surface area contributed by atoms with E-state index < -0.39 is 35.8 Å². The average molecular weight is 567 g/mol. The van der Waals surface area contributed by atoms with Gasteiger partial charge in [-0.05, 0) is 42.0 Å². The van der Waals surface area contributed by atoms with Crippen LogP contribution in [0.5, 0.6) is 11.5 Å². The van der Waals surface area contributed by atoms with E-state index in [-0.39, 0.29) is 30.1 Å². The number of ether oxygens (including phenoxy) is 4. The molecular formula is C26H25F3N2O7S. The lowest BCUT2D eigenvalue weighted by Crippen LogP contribution is -2.59. The molecule has 0 bridgehead atoms. The fourth-order valence-corrected chi connectivity index (χ4v) is 5.10. The van der Waals surface area contributed by atoms with E-state index in [1.54, 1.807) is 18.2 Å². The van der Waals surface area contributed by atoms with Crippen LogP contribution < -0.4 is 9.47 Å². The van der Waals surface area contributed by atoms with Crippen LogP contribution in [0, 0.1) is 0 Å². The highest BCUT2D eigenvalue weighted by Crippen LogP contribution is 2.42. The number of fused-ring (bicyclic) bond motifs is 1. The topological polar surface area (TPSA) is 94.6 Å². The second-order valence-corrected chi connectivity index (χ2v) is 9.60. The third-order valence-corrected chi connectivity index (χ3v) is 7.10. The first-order valence-electron chi connectivity index (χ1n) is 11.8. The largest absolute Gasteiger partial charge is 0.486 e. The second kappa shape index (κ2) is 11.9. The molecule has 2 aromatic rings. The number of benzene rings is 2. The highest BCUT2D eigenvalue weighted by atomic mass is 32.2. The van der Waals surface area contributed by atoms with Crippen LogP contribution in [0.4, 0.5) is 18.0 Å². The SMILES string of the molecule is COC(=O)C1CN(C(=O)OC)CCN1C(=O)/C=C/c1ccc(Sc2ccc3c(c2)OCCO3)c(C(F)(F)F)c1. The van der Waals surface area contributed by atoms with Crippen molar-refractivity contribution in [2.24, 2.45) is 0 Å². The van der Waals surface area contributed by atoms with Crippen LogP contribution in [0.15, 0.2) is 52.3 Å². The van der Waals surface area contributed by atoms with Crippen molar-refractivity contribution in [2.45, 2.75) is 22.0 Å². The molecule has 2 heterocycles. The maximum Gasteiger partial charge on any atom is 0.417 e. The van der Waals surface area contributed by atoms with Gasteiger partial charge in [0.1, 0.15) is 19.3 Å². The highest BCUT2D eigenvalue weighted by Gasteiger charge is 2.37. The zero-order valence-corrected chi connectivity index (χ0v) is 21.8. The summed E-state index contributed by atoms with van der Waals surface area (Å²) in [5, 5.41) is 0. The van der Waals surface area contributed by atoms with Crippen molar-refractivity contribution in [2.75, 3.05) is 47.1 Å². The predicted molar refractivity (Wildman–Crippen MR) is 134 cm³/mol. The van der Waals surface area contributed by atoms with Crippen molar-refractivity contribution in [1.29, 1.82) is 0 Å². The maximum atomic E-state index is 14.0. The van der Waals surface area contributed by atoms with E-state index >= 15 is 0 Å². The molecule has 1 fully saturated rings. The van der Waals surface area contributed by atoms with Gasteiger partial charge in [0, 0.05) is 29.0 Å². The van der Waals surface area contributed by atoms with Crippen LogP contribution in [0.25, 0.3) is 6.08 Å². The Labute approximate surface area is 226 Å². The molecule has 2 aromatic carbocycles. The molecule has 1 saturated heterocycles. The van der Waals surface area contributed by atoms with Crippen LogP contribution in [-0.4, -0.2) is 80.9 Å². The normalized spacial score (nSPS) is 17.2. The summed E-state index contributed by atoms with van der Waals surface area (Å²) in [5.41, 5.74) is -0.721. The summed E-state index contributed by atoms with van der Waals surface area (Å²) in [6.07, 6.45) is -2.96. The van der Waals surface area contributed by atoms with E-state index in [0.717, 1.165) is 31.0 Å². The van der Waals surface area contributed by atoms with Gasteiger partial charge in [-0.25, -0.2) is 9.59 Å². The smallest absolute Gasteiger partial charge is 0.417 e. The molecule has 0 saturated carbocycles. The number of hydrogen-bond acceptors (Lipinski definition) is 8. The van der Waals surface area contributed by atoms with Gasteiger partial charge in [0.25, 0.3) is 0 Å². The Bertz CT molecular complexity index is 1280. The van der Waals surface area contributed by atoms with Gasteiger partial charge in [0.15, 0.2) is 11.5 Å². The molecule has 2 amide bonds. The van der Waals surface area contributed by atoms with Crippen molar-refractivity contribution in [3.8, 4) is 11.5 Å². The Balaban J connectivity index is 1.53. The fourth-order valence-electron chi connectivity index (χ4n) is 4.12. The molecule has 1 unspecified atom stereocenters. The van der Waals surface area contributed by atoms with E-state index in [1.807, 2.05) is 0 Å². The number of hydrogen-bond donors (Lipinski definition) is 0. The minimum atomic E-state index is -4.65. The Hall–Kier alpha value is -3.87. The van der Waals surface area contributed by atoms with Gasteiger partial charge in [-0.15, -0.1) is 0 Å². The van der Waals surface area contributed by atoms with E-state index in [1.165, 1.54) is 35.1 Å². The van der Waals surface area contributed by atoms with Gasteiger partial charge < -0.3 is 28.7 Å². The zero-order chi connectivity index (χ0) is 28.2. The molecule has 1 atom stereocenters. The zero-order valence-electron chi connectivity index (χ0n) is 21.0. The third kappa shape index (κ3) is 6.59. The number of amides is 2. The summed E-state index contributed by atoms with van der Waals surface area (Å²) in [4.78, 5) is 40.0. The Morgan fingerprint density at radius 1 is 1.00 bits per heavy atom. The molecule has 0 aliphatic carbocycles. The highest BCUT2D eigenvalue weighted by molar-refractivity contribution is 7.99. The molecule has 208 valence electrons. The van der Waals surface area contributed by atoms with Gasteiger partial charge in [-0.1, -0.05) is 17.8 Å². The lowest BCUT2D eigenvalue weighted by molar-refractivity contribution is -0.154. The second-order valence-electron chi connectivity index (χ2n) is 8.48. The molecule has 4 rings (SSSR count). The summed E-state index contributed by atoms with van der Waals surface area (Å²) in [6.45, 7) is 0.752. The van der Waals surface area contributed by atoms with Crippen molar-refractivity contribution in [3.63, 3.8) is 0 Å². The molecule has 9 nitrogen and oxygen atoms in total. The fraction of sp³-hybridized carbons (Fsp3) is 0.346. The average Bonchev–Trinajstić information content (AvgIpc) is 2.94. The maximum absolute atomic E-state index is 14.0. The quantitative estimate of drug-likeness (QED) is 0.395. The number of esters is 1. The Kier molecular flexibility index (Phi) is 8.58. The van der Waals surface area contributed by atoms with Crippen LogP contribution in [-0.2, 0) is 25.2 Å².